The van der Waals surface area contributed by atoms with Gasteiger partial charge >= 0.3 is 5.97 Å². The number of rotatable bonds is 7. The molecule has 0 unspecified atom stereocenters. The van der Waals surface area contributed by atoms with Gasteiger partial charge < -0.3 is 58.6 Å². The van der Waals surface area contributed by atoms with Gasteiger partial charge in [-0.25, -0.2) is 0 Å². The molecule has 4 N–H and O–H groups in total. The second-order valence-electron chi connectivity index (χ2n) is 16.9. The molecule has 3 heterocycles. The molecule has 3 aliphatic rings. The number of esters is 1. The van der Waals surface area contributed by atoms with Crippen molar-refractivity contribution in [2.75, 3.05) is 34.8 Å². The Hall–Kier alpha value is -0.970. The highest BCUT2D eigenvalue weighted by Crippen LogP contribution is 2.40. The van der Waals surface area contributed by atoms with Gasteiger partial charge in [0, 0.05) is 44.5 Å². The number of nitrogens with zero attached hydrogens (tertiary/aromatic N) is 2. The summed E-state index contributed by atoms with van der Waals surface area (Å²) < 4.78 is 37.7. The maximum Gasteiger partial charge on any atom is 0.311 e. The summed E-state index contributed by atoms with van der Waals surface area (Å²) in [6.07, 6.45) is -4.36. The molecule has 0 aromatic heterocycles. The van der Waals surface area contributed by atoms with E-state index >= 15 is 0 Å². The molecular formula is C38H71N2O11. The van der Waals surface area contributed by atoms with Crippen LogP contribution in [0.15, 0.2) is 0 Å². The van der Waals surface area contributed by atoms with E-state index in [-0.39, 0.29) is 30.5 Å². The summed E-state index contributed by atoms with van der Waals surface area (Å²) in [6.45, 7) is 18.9. The molecule has 0 bridgehead atoms. The fourth-order valence-electron chi connectivity index (χ4n) is 8.54. The molecule has 299 valence electrons. The lowest BCUT2D eigenvalue weighted by atomic mass is 9.77. The number of likely N-dealkylation sites (N-methyl/N-ethyl adjacent to an activating group) is 1. The largest absolute Gasteiger partial charge is 0.459 e. The first-order valence-electron chi connectivity index (χ1n) is 18.9. The van der Waals surface area contributed by atoms with E-state index in [9.17, 15) is 25.2 Å². The molecule has 0 aliphatic carbocycles. The van der Waals surface area contributed by atoms with E-state index in [1.165, 1.54) is 7.11 Å². The van der Waals surface area contributed by atoms with Crippen molar-refractivity contribution in [1.29, 1.82) is 0 Å². The molecule has 51 heavy (non-hydrogen) atoms. The Morgan fingerprint density at radius 2 is 1.63 bits per heavy atom. The number of carbonyl (C=O) groups excluding carboxylic acids is 1. The molecule has 17 atom stereocenters. The van der Waals surface area contributed by atoms with Gasteiger partial charge in [-0.2, -0.15) is 0 Å². The molecule has 0 spiro atoms. The van der Waals surface area contributed by atoms with Crippen LogP contribution in [0.3, 0.4) is 0 Å². The van der Waals surface area contributed by atoms with Crippen molar-refractivity contribution in [2.24, 2.45) is 17.8 Å². The SMILES string of the molecule is CC[C@H]1OC(=O)[C@H](C)[C@@H](O[C@H]2C[C@@](C)(OC)[C@@H](O)[C@H](C)O2)[C@H](C)[C@@H](O[C@@H]2O[C@H](C)C[C@H](N(C)C)[C@H]2O)[C@](C)(O)C[C@@H](C)CN(C)[C@H](C)[CH][C@@]1(C)O. The molecule has 13 heteroatoms. The fraction of sp³-hybridized carbons (Fsp3) is 0.947. The highest BCUT2D eigenvalue weighted by Gasteiger charge is 2.52. The minimum Gasteiger partial charge on any atom is -0.459 e. The third-order valence-corrected chi connectivity index (χ3v) is 11.7. The average molecular weight is 732 g/mol. The average Bonchev–Trinajstić information content (AvgIpc) is 3.02. The van der Waals surface area contributed by atoms with Gasteiger partial charge in [-0.3, -0.25) is 4.79 Å². The number of aliphatic hydroxyl groups is 4. The van der Waals surface area contributed by atoms with Crippen LogP contribution in [0.4, 0.5) is 0 Å². The summed E-state index contributed by atoms with van der Waals surface area (Å²) in [6, 6.07) is -0.433. The van der Waals surface area contributed by atoms with E-state index in [4.69, 9.17) is 28.4 Å². The van der Waals surface area contributed by atoms with Crippen molar-refractivity contribution in [3.8, 4) is 0 Å². The molecule has 0 amide bonds. The molecule has 3 fully saturated rings. The van der Waals surface area contributed by atoms with Crippen molar-refractivity contribution < 1.29 is 53.6 Å². The Morgan fingerprint density at radius 3 is 2.20 bits per heavy atom. The van der Waals surface area contributed by atoms with E-state index in [1.807, 2.05) is 53.7 Å². The van der Waals surface area contributed by atoms with Crippen LogP contribution in [-0.4, -0.2) is 155 Å². The number of hydrogen-bond donors (Lipinski definition) is 4. The molecule has 3 saturated heterocycles. The summed E-state index contributed by atoms with van der Waals surface area (Å²) in [7, 11) is 7.28. The Balaban J connectivity index is 2.15. The lowest BCUT2D eigenvalue weighted by molar-refractivity contribution is -0.318. The number of ether oxygens (including phenoxy) is 6. The minimum absolute atomic E-state index is 0.0389. The number of methoxy groups -OCH3 is 1. The molecular weight excluding hydrogens is 660 g/mol. The van der Waals surface area contributed by atoms with Crippen molar-refractivity contribution >= 4 is 5.97 Å². The smallest absolute Gasteiger partial charge is 0.311 e. The van der Waals surface area contributed by atoms with Gasteiger partial charge in [0.05, 0.1) is 41.5 Å². The van der Waals surface area contributed by atoms with Crippen LogP contribution in [0.25, 0.3) is 0 Å². The van der Waals surface area contributed by atoms with Gasteiger partial charge in [0.25, 0.3) is 0 Å². The van der Waals surface area contributed by atoms with E-state index in [1.54, 1.807) is 41.0 Å². The van der Waals surface area contributed by atoms with Gasteiger partial charge in [-0.1, -0.05) is 20.8 Å². The number of aliphatic hydroxyl groups excluding tert-OH is 2. The topological polar surface area (TPSA) is 160 Å². The second kappa shape index (κ2) is 17.7. The van der Waals surface area contributed by atoms with Crippen LogP contribution in [0, 0.1) is 24.2 Å². The number of cyclic esters (lactones) is 1. The van der Waals surface area contributed by atoms with Crippen LogP contribution in [-0.2, 0) is 33.2 Å². The monoisotopic (exact) mass is 732 g/mol. The van der Waals surface area contributed by atoms with Gasteiger partial charge in [0.15, 0.2) is 12.6 Å². The van der Waals surface area contributed by atoms with Crippen LogP contribution in [0.5, 0.6) is 0 Å². The number of hydrogen-bond acceptors (Lipinski definition) is 13. The zero-order valence-electron chi connectivity index (χ0n) is 33.7. The van der Waals surface area contributed by atoms with Gasteiger partial charge in [-0.15, -0.1) is 0 Å². The van der Waals surface area contributed by atoms with E-state index in [0.717, 1.165) is 0 Å². The van der Waals surface area contributed by atoms with Crippen molar-refractivity contribution in [1.82, 2.24) is 9.80 Å². The summed E-state index contributed by atoms with van der Waals surface area (Å²) in [5.41, 5.74) is -3.93. The maximum atomic E-state index is 14.2. The summed E-state index contributed by atoms with van der Waals surface area (Å²) in [5.74, 6) is -2.26. The standard InChI is InChI=1S/C38H71N2O11/c1-15-28-36(8,44)18-22(3)40(13)20-21(2)17-37(9,45)33(51-35-30(41)27(39(11)12)16-23(4)47-35)24(5)31(25(6)34(43)49-28)50-29-19-38(10,46-14)32(42)26(7)48-29/h18,21-33,35,41-42,44-45H,15-17,19-20H2,1-14H3/t21-,22-,23-,24+,25-,26+,27+,28-,29+,30-,31+,32+,33-,35+,36-,37-,38-/m1/s1. The lowest BCUT2D eigenvalue weighted by Gasteiger charge is -2.48. The molecule has 0 saturated carbocycles. The predicted molar refractivity (Wildman–Crippen MR) is 192 cm³/mol. The normalized spacial score (nSPS) is 48.9. The Bertz CT molecular complexity index is 1110. The van der Waals surface area contributed by atoms with Crippen LogP contribution >= 0.6 is 0 Å². The van der Waals surface area contributed by atoms with E-state index in [2.05, 4.69) is 11.8 Å². The van der Waals surface area contributed by atoms with Crippen LogP contribution in [0.1, 0.15) is 94.9 Å². The lowest BCUT2D eigenvalue weighted by Crippen LogP contribution is -2.60. The highest BCUT2D eigenvalue weighted by atomic mass is 16.7. The first-order chi connectivity index (χ1) is 23.5. The number of carbonyl (C=O) groups is 1. The van der Waals surface area contributed by atoms with Gasteiger partial charge in [-0.05, 0) is 94.8 Å². The highest BCUT2D eigenvalue weighted by molar-refractivity contribution is 5.73. The van der Waals surface area contributed by atoms with E-state index in [0.29, 0.717) is 25.8 Å². The van der Waals surface area contributed by atoms with Crippen molar-refractivity contribution in [3.05, 3.63) is 6.42 Å². The molecule has 0 aromatic carbocycles. The quantitative estimate of drug-likeness (QED) is 0.284. The van der Waals surface area contributed by atoms with Crippen molar-refractivity contribution in [3.63, 3.8) is 0 Å². The Morgan fingerprint density at radius 1 is 1.00 bits per heavy atom. The maximum absolute atomic E-state index is 14.2. The van der Waals surface area contributed by atoms with Gasteiger partial charge in [0.1, 0.15) is 23.9 Å². The third kappa shape index (κ3) is 10.6. The molecule has 3 aliphatic heterocycles. The molecule has 0 aromatic rings. The molecule has 13 nitrogen and oxygen atoms in total. The predicted octanol–water partition coefficient (Wildman–Crippen LogP) is 2.74. The Labute approximate surface area is 307 Å². The zero-order chi connectivity index (χ0) is 38.8. The Kier molecular flexibility index (Phi) is 15.4. The van der Waals surface area contributed by atoms with Crippen LogP contribution < -0.4 is 0 Å². The van der Waals surface area contributed by atoms with Crippen LogP contribution in [0.2, 0.25) is 0 Å². The second-order valence-corrected chi connectivity index (χ2v) is 16.9. The fourth-order valence-corrected chi connectivity index (χ4v) is 8.54. The minimum atomic E-state index is -1.50. The summed E-state index contributed by atoms with van der Waals surface area (Å²) in [4.78, 5) is 18.2. The first kappa shape index (κ1) is 44.4. The van der Waals surface area contributed by atoms with Crippen molar-refractivity contribution in [2.45, 2.75) is 179 Å². The molecule has 3 rings (SSSR count). The summed E-state index contributed by atoms with van der Waals surface area (Å²) in [5, 5.41) is 46.6. The van der Waals surface area contributed by atoms with E-state index < -0.39 is 83.8 Å². The third-order valence-electron chi connectivity index (χ3n) is 11.7. The first-order valence-corrected chi connectivity index (χ1v) is 18.9. The van der Waals surface area contributed by atoms with Gasteiger partial charge in [0.2, 0.25) is 0 Å². The zero-order valence-corrected chi connectivity index (χ0v) is 33.7. The summed E-state index contributed by atoms with van der Waals surface area (Å²) >= 11 is 0. The molecule has 1 radical (unpaired) electrons.